The molecule has 0 heterocycles. The lowest BCUT2D eigenvalue weighted by Crippen LogP contribution is -2.37. The van der Waals surface area contributed by atoms with Gasteiger partial charge in [0.2, 0.25) is 0 Å². The summed E-state index contributed by atoms with van der Waals surface area (Å²) in [7, 11) is 0. The molecule has 1 unspecified atom stereocenters. The maximum Gasteiger partial charge on any atom is 0.126 e. The summed E-state index contributed by atoms with van der Waals surface area (Å²) < 4.78 is 13.8. The van der Waals surface area contributed by atoms with E-state index < -0.39 is 0 Å². The summed E-state index contributed by atoms with van der Waals surface area (Å²) in [5, 5.41) is 0.554. The molecule has 0 amide bonds. The normalized spacial score (nSPS) is 17.8. The molecule has 3 rings (SSSR count). The van der Waals surface area contributed by atoms with E-state index in [4.69, 9.17) is 17.3 Å². The van der Waals surface area contributed by atoms with Crippen LogP contribution in [-0.2, 0) is 11.8 Å². The second-order valence-corrected chi connectivity index (χ2v) is 6.00. The first-order valence-electron chi connectivity index (χ1n) is 6.87. The number of nitrogens with two attached hydrogens (primary N) is 1. The van der Waals surface area contributed by atoms with E-state index in [2.05, 4.69) is 12.1 Å². The van der Waals surface area contributed by atoms with Crippen LogP contribution >= 0.6 is 11.6 Å². The van der Waals surface area contributed by atoms with Gasteiger partial charge in [0.25, 0.3) is 0 Å². The fourth-order valence-electron chi connectivity index (χ4n) is 2.91. The fourth-order valence-corrected chi connectivity index (χ4v) is 3.11. The Balaban J connectivity index is 1.83. The van der Waals surface area contributed by atoms with Crippen LogP contribution in [0.25, 0.3) is 0 Å². The van der Waals surface area contributed by atoms with Gasteiger partial charge in [-0.25, -0.2) is 4.39 Å². The summed E-state index contributed by atoms with van der Waals surface area (Å²) >= 11 is 5.94. The van der Waals surface area contributed by atoms with E-state index in [1.807, 2.05) is 18.2 Å². The van der Waals surface area contributed by atoms with Crippen LogP contribution in [0.15, 0.2) is 48.5 Å². The lowest BCUT2D eigenvalue weighted by molar-refractivity contribution is 0.500. The molecule has 1 aliphatic carbocycles. The van der Waals surface area contributed by atoms with Crippen molar-refractivity contribution in [2.75, 3.05) is 0 Å². The molecule has 0 spiro atoms. The Bertz CT molecular complexity index is 608. The number of hydrogen-bond acceptors (Lipinski definition) is 1. The van der Waals surface area contributed by atoms with Gasteiger partial charge in [0.05, 0.1) is 0 Å². The van der Waals surface area contributed by atoms with Crippen molar-refractivity contribution in [1.82, 2.24) is 0 Å². The van der Waals surface area contributed by atoms with E-state index in [0.29, 0.717) is 17.0 Å². The molecule has 3 heteroatoms. The number of hydrogen-bond donors (Lipinski definition) is 1. The standard InChI is InChI=1S/C17H17ClFN/c18-14-6-7-15(19)12(10-14)11-16(20)17(8-9-17)13-4-2-1-3-5-13/h1-7,10,16H,8-9,11,20H2. The Morgan fingerprint density at radius 3 is 2.50 bits per heavy atom. The minimum Gasteiger partial charge on any atom is -0.327 e. The Morgan fingerprint density at radius 1 is 1.15 bits per heavy atom. The van der Waals surface area contributed by atoms with Crippen molar-refractivity contribution in [3.63, 3.8) is 0 Å². The summed E-state index contributed by atoms with van der Waals surface area (Å²) in [6.07, 6.45) is 2.65. The Morgan fingerprint density at radius 2 is 1.85 bits per heavy atom. The third-order valence-electron chi connectivity index (χ3n) is 4.29. The Labute approximate surface area is 123 Å². The third kappa shape index (κ3) is 2.46. The van der Waals surface area contributed by atoms with Crippen LogP contribution in [0.4, 0.5) is 4.39 Å². The third-order valence-corrected chi connectivity index (χ3v) is 4.53. The lowest BCUT2D eigenvalue weighted by Gasteiger charge is -2.24. The number of halogens is 2. The first kappa shape index (κ1) is 13.6. The molecule has 0 aliphatic heterocycles. The predicted molar refractivity (Wildman–Crippen MR) is 80.4 cm³/mol. The first-order valence-corrected chi connectivity index (χ1v) is 7.25. The van der Waals surface area contributed by atoms with Crippen molar-refractivity contribution >= 4 is 11.6 Å². The average molecular weight is 290 g/mol. The largest absolute Gasteiger partial charge is 0.327 e. The van der Waals surface area contributed by atoms with Crippen molar-refractivity contribution in [3.05, 3.63) is 70.5 Å². The Hall–Kier alpha value is -1.38. The zero-order valence-corrected chi connectivity index (χ0v) is 11.9. The highest BCUT2D eigenvalue weighted by molar-refractivity contribution is 6.30. The molecule has 1 nitrogen and oxygen atoms in total. The molecule has 1 aliphatic rings. The average Bonchev–Trinajstić information content (AvgIpc) is 3.25. The fraction of sp³-hybridized carbons (Fsp3) is 0.294. The topological polar surface area (TPSA) is 26.0 Å². The van der Waals surface area contributed by atoms with Crippen LogP contribution in [-0.4, -0.2) is 6.04 Å². The number of benzene rings is 2. The zero-order valence-electron chi connectivity index (χ0n) is 11.2. The van der Waals surface area contributed by atoms with Crippen molar-refractivity contribution in [2.24, 2.45) is 5.73 Å². The molecule has 0 bridgehead atoms. The van der Waals surface area contributed by atoms with E-state index in [1.165, 1.54) is 11.6 Å². The van der Waals surface area contributed by atoms with E-state index in [0.717, 1.165) is 12.8 Å². The van der Waals surface area contributed by atoms with Gasteiger partial charge >= 0.3 is 0 Å². The van der Waals surface area contributed by atoms with Gasteiger partial charge in [-0.1, -0.05) is 41.9 Å². The van der Waals surface area contributed by atoms with Gasteiger partial charge in [0, 0.05) is 16.5 Å². The highest BCUT2D eigenvalue weighted by Gasteiger charge is 2.49. The van der Waals surface area contributed by atoms with Gasteiger partial charge in [-0.2, -0.15) is 0 Å². The maximum absolute atomic E-state index is 13.8. The van der Waals surface area contributed by atoms with E-state index in [9.17, 15) is 4.39 Å². The van der Waals surface area contributed by atoms with E-state index >= 15 is 0 Å². The van der Waals surface area contributed by atoms with Crippen molar-refractivity contribution in [3.8, 4) is 0 Å². The summed E-state index contributed by atoms with van der Waals surface area (Å²) in [5.74, 6) is -0.228. The van der Waals surface area contributed by atoms with Gasteiger partial charge < -0.3 is 5.73 Å². The van der Waals surface area contributed by atoms with Crippen LogP contribution in [0.5, 0.6) is 0 Å². The lowest BCUT2D eigenvalue weighted by atomic mass is 9.85. The summed E-state index contributed by atoms with van der Waals surface area (Å²) in [4.78, 5) is 0. The molecule has 2 aromatic carbocycles. The SMILES string of the molecule is NC(Cc1cc(Cl)ccc1F)C1(c2ccccc2)CC1. The van der Waals surface area contributed by atoms with Crippen LogP contribution in [0.1, 0.15) is 24.0 Å². The monoisotopic (exact) mass is 289 g/mol. The highest BCUT2D eigenvalue weighted by Crippen LogP contribution is 2.51. The summed E-state index contributed by atoms with van der Waals surface area (Å²) in [6.45, 7) is 0. The molecule has 2 N–H and O–H groups in total. The van der Waals surface area contributed by atoms with Crippen molar-refractivity contribution in [1.29, 1.82) is 0 Å². The summed E-state index contributed by atoms with van der Waals surface area (Å²) in [6, 6.07) is 14.9. The first-order chi connectivity index (χ1) is 9.62. The molecule has 0 radical (unpaired) electrons. The zero-order chi connectivity index (χ0) is 14.2. The molecule has 1 saturated carbocycles. The molecule has 104 valence electrons. The van der Waals surface area contributed by atoms with Gasteiger partial charge in [-0.15, -0.1) is 0 Å². The molecule has 0 saturated heterocycles. The van der Waals surface area contributed by atoms with Gasteiger partial charge in [-0.05, 0) is 48.6 Å². The smallest absolute Gasteiger partial charge is 0.126 e. The van der Waals surface area contributed by atoms with Crippen LogP contribution in [0.2, 0.25) is 5.02 Å². The molecule has 1 fully saturated rings. The molecule has 0 aromatic heterocycles. The van der Waals surface area contributed by atoms with Crippen LogP contribution in [0, 0.1) is 5.82 Å². The van der Waals surface area contributed by atoms with E-state index in [-0.39, 0.29) is 17.3 Å². The second-order valence-electron chi connectivity index (χ2n) is 5.57. The minimum absolute atomic E-state index is 0.00994. The van der Waals surface area contributed by atoms with Crippen molar-refractivity contribution < 1.29 is 4.39 Å². The van der Waals surface area contributed by atoms with Gasteiger partial charge in [0.15, 0.2) is 0 Å². The Kier molecular flexibility index (Phi) is 3.53. The molecule has 1 atom stereocenters. The van der Waals surface area contributed by atoms with Crippen LogP contribution in [0.3, 0.4) is 0 Å². The maximum atomic E-state index is 13.8. The molecular weight excluding hydrogens is 273 g/mol. The molecular formula is C17H17ClFN. The summed E-state index contributed by atoms with van der Waals surface area (Å²) in [5.41, 5.74) is 8.26. The predicted octanol–water partition coefficient (Wildman–Crippen LogP) is 4.08. The van der Waals surface area contributed by atoms with E-state index in [1.54, 1.807) is 12.1 Å². The molecule has 20 heavy (non-hydrogen) atoms. The minimum atomic E-state index is -0.228. The van der Waals surface area contributed by atoms with Gasteiger partial charge in [0.1, 0.15) is 5.82 Å². The highest BCUT2D eigenvalue weighted by atomic mass is 35.5. The van der Waals surface area contributed by atoms with Gasteiger partial charge in [-0.3, -0.25) is 0 Å². The van der Waals surface area contributed by atoms with Crippen molar-refractivity contribution in [2.45, 2.75) is 30.7 Å². The molecule has 2 aromatic rings. The number of rotatable bonds is 4. The second kappa shape index (κ2) is 5.19. The quantitative estimate of drug-likeness (QED) is 0.902. The van der Waals surface area contributed by atoms with Crippen LogP contribution < -0.4 is 5.73 Å².